The predicted octanol–water partition coefficient (Wildman–Crippen LogP) is 2.86. The Morgan fingerprint density at radius 3 is 2.88 bits per heavy atom. The summed E-state index contributed by atoms with van der Waals surface area (Å²) in [5, 5.41) is 12.5. The van der Waals surface area contributed by atoms with Gasteiger partial charge in [-0.3, -0.25) is 0 Å². The van der Waals surface area contributed by atoms with Crippen molar-refractivity contribution in [1.82, 2.24) is 4.98 Å². The first-order chi connectivity index (χ1) is 7.72. The van der Waals surface area contributed by atoms with Crippen LogP contribution in [0, 0.1) is 24.2 Å². The number of hydrogen-bond donors (Lipinski definition) is 1. The summed E-state index contributed by atoms with van der Waals surface area (Å²) in [6.07, 6.45) is 5.68. The van der Waals surface area contributed by atoms with Gasteiger partial charge in [-0.15, -0.1) is 0 Å². The Kier molecular flexibility index (Phi) is 3.09. The van der Waals surface area contributed by atoms with Crippen molar-refractivity contribution in [3.05, 3.63) is 23.4 Å². The smallest absolute Gasteiger partial charge is 0.144 e. The van der Waals surface area contributed by atoms with Crippen LogP contribution in [0.25, 0.3) is 0 Å². The van der Waals surface area contributed by atoms with Crippen molar-refractivity contribution in [3.63, 3.8) is 0 Å². The molecule has 0 radical (unpaired) electrons. The molecule has 0 aliphatic heterocycles. The topological polar surface area (TPSA) is 48.7 Å². The Balaban J connectivity index is 2.14. The van der Waals surface area contributed by atoms with Gasteiger partial charge in [0.1, 0.15) is 11.9 Å². The molecule has 16 heavy (non-hydrogen) atoms. The van der Waals surface area contributed by atoms with Crippen LogP contribution >= 0.6 is 0 Å². The Hall–Kier alpha value is -1.56. The molecule has 1 atom stereocenters. The van der Waals surface area contributed by atoms with Crippen molar-refractivity contribution in [3.8, 4) is 6.07 Å². The summed E-state index contributed by atoms with van der Waals surface area (Å²) in [5.41, 5.74) is 1.66. The van der Waals surface area contributed by atoms with Crippen molar-refractivity contribution in [1.29, 1.82) is 5.26 Å². The van der Waals surface area contributed by atoms with E-state index in [0.717, 1.165) is 17.3 Å². The molecule has 84 valence electrons. The van der Waals surface area contributed by atoms with Crippen LogP contribution in [0.2, 0.25) is 0 Å². The summed E-state index contributed by atoms with van der Waals surface area (Å²) in [6, 6.07) is 4.50. The number of pyridine rings is 1. The van der Waals surface area contributed by atoms with E-state index < -0.39 is 0 Å². The summed E-state index contributed by atoms with van der Waals surface area (Å²) in [6.45, 7) is 4.12. The summed E-state index contributed by atoms with van der Waals surface area (Å²) in [5.74, 6) is 1.48. The van der Waals surface area contributed by atoms with Gasteiger partial charge in [0.25, 0.3) is 0 Å². The maximum absolute atomic E-state index is 9.09. The molecule has 1 heterocycles. The minimum absolute atomic E-state index is 0.412. The van der Waals surface area contributed by atoms with Crippen LogP contribution in [-0.2, 0) is 0 Å². The first-order valence-corrected chi connectivity index (χ1v) is 5.84. The number of hydrogen-bond acceptors (Lipinski definition) is 3. The third-order valence-electron chi connectivity index (χ3n) is 3.49. The zero-order chi connectivity index (χ0) is 11.5. The molecule has 1 saturated carbocycles. The van der Waals surface area contributed by atoms with Crippen molar-refractivity contribution in [2.75, 3.05) is 5.32 Å². The quantitative estimate of drug-likeness (QED) is 0.843. The highest BCUT2D eigenvalue weighted by Crippen LogP contribution is 2.31. The fraction of sp³-hybridized carbons (Fsp3) is 0.538. The maximum Gasteiger partial charge on any atom is 0.144 e. The highest BCUT2D eigenvalue weighted by molar-refractivity contribution is 5.55. The van der Waals surface area contributed by atoms with E-state index in [1.165, 1.54) is 19.3 Å². The van der Waals surface area contributed by atoms with Crippen LogP contribution in [0.4, 0.5) is 5.82 Å². The summed E-state index contributed by atoms with van der Waals surface area (Å²) in [7, 11) is 0. The standard InChI is InChI=1S/C13H17N3/c1-9-6-7-15-13(12(9)8-14)16-10(2)11-4-3-5-11/h6-7,10-11H,3-5H2,1-2H3,(H,15,16). The average molecular weight is 215 g/mol. The second-order valence-electron chi connectivity index (χ2n) is 4.59. The van der Waals surface area contributed by atoms with Crippen LogP contribution in [0.15, 0.2) is 12.3 Å². The van der Waals surface area contributed by atoms with Crippen LogP contribution < -0.4 is 5.32 Å². The number of anilines is 1. The van der Waals surface area contributed by atoms with Gasteiger partial charge in [-0.1, -0.05) is 6.42 Å². The van der Waals surface area contributed by atoms with Gasteiger partial charge in [0, 0.05) is 12.2 Å². The normalized spacial score (nSPS) is 17.3. The SMILES string of the molecule is Cc1ccnc(NC(C)C2CCC2)c1C#N. The third-order valence-corrected chi connectivity index (χ3v) is 3.49. The number of nitrogens with zero attached hydrogens (tertiary/aromatic N) is 2. The number of aromatic nitrogens is 1. The Morgan fingerprint density at radius 2 is 2.31 bits per heavy atom. The predicted molar refractivity (Wildman–Crippen MR) is 64.1 cm³/mol. The highest BCUT2D eigenvalue weighted by Gasteiger charge is 2.24. The van der Waals surface area contributed by atoms with E-state index in [0.29, 0.717) is 11.6 Å². The van der Waals surface area contributed by atoms with Crippen molar-refractivity contribution < 1.29 is 0 Å². The van der Waals surface area contributed by atoms with Gasteiger partial charge in [0.05, 0.1) is 5.56 Å². The molecule has 1 aliphatic rings. The van der Waals surface area contributed by atoms with E-state index >= 15 is 0 Å². The fourth-order valence-corrected chi connectivity index (χ4v) is 2.08. The number of nitrogens with one attached hydrogen (secondary N) is 1. The van der Waals surface area contributed by atoms with E-state index in [-0.39, 0.29) is 0 Å². The van der Waals surface area contributed by atoms with E-state index in [9.17, 15) is 0 Å². The van der Waals surface area contributed by atoms with E-state index in [1.54, 1.807) is 6.20 Å². The van der Waals surface area contributed by atoms with Crippen LogP contribution in [0.5, 0.6) is 0 Å². The molecule has 1 aliphatic carbocycles. The summed E-state index contributed by atoms with van der Waals surface area (Å²) >= 11 is 0. The highest BCUT2D eigenvalue weighted by atomic mass is 15.0. The number of aryl methyl sites for hydroxylation is 1. The molecule has 1 N–H and O–H groups in total. The lowest BCUT2D eigenvalue weighted by atomic mass is 9.80. The van der Waals surface area contributed by atoms with E-state index in [2.05, 4.69) is 23.3 Å². The van der Waals surface area contributed by atoms with Gasteiger partial charge in [0.2, 0.25) is 0 Å². The molecule has 2 rings (SSSR count). The lowest BCUT2D eigenvalue weighted by molar-refractivity contribution is 0.285. The minimum Gasteiger partial charge on any atom is -0.366 e. The lowest BCUT2D eigenvalue weighted by Gasteiger charge is -2.32. The van der Waals surface area contributed by atoms with Gasteiger partial charge in [-0.2, -0.15) is 5.26 Å². The van der Waals surface area contributed by atoms with Crippen molar-refractivity contribution >= 4 is 5.82 Å². The van der Waals surface area contributed by atoms with Gasteiger partial charge >= 0.3 is 0 Å². The van der Waals surface area contributed by atoms with Crippen molar-refractivity contribution in [2.45, 2.75) is 39.2 Å². The molecular formula is C13H17N3. The summed E-state index contributed by atoms with van der Waals surface area (Å²) in [4.78, 5) is 4.26. The van der Waals surface area contributed by atoms with Gasteiger partial charge < -0.3 is 5.32 Å². The zero-order valence-electron chi connectivity index (χ0n) is 9.83. The largest absolute Gasteiger partial charge is 0.366 e. The molecule has 3 heteroatoms. The molecule has 0 aromatic carbocycles. The van der Waals surface area contributed by atoms with Crippen LogP contribution in [-0.4, -0.2) is 11.0 Å². The maximum atomic E-state index is 9.09. The van der Waals surface area contributed by atoms with Crippen LogP contribution in [0.1, 0.15) is 37.3 Å². The van der Waals surface area contributed by atoms with E-state index in [1.807, 2.05) is 13.0 Å². The second-order valence-corrected chi connectivity index (χ2v) is 4.59. The second kappa shape index (κ2) is 4.52. The molecule has 1 fully saturated rings. The third kappa shape index (κ3) is 2.01. The number of nitriles is 1. The Labute approximate surface area is 96.5 Å². The molecule has 1 aromatic heterocycles. The number of rotatable bonds is 3. The first kappa shape index (κ1) is 10.9. The van der Waals surface area contributed by atoms with Gasteiger partial charge in [-0.25, -0.2) is 4.98 Å². The fourth-order valence-electron chi connectivity index (χ4n) is 2.08. The molecule has 0 saturated heterocycles. The zero-order valence-corrected chi connectivity index (χ0v) is 9.83. The van der Waals surface area contributed by atoms with Gasteiger partial charge in [-0.05, 0) is 44.2 Å². The molecule has 0 spiro atoms. The minimum atomic E-state index is 0.412. The molecule has 0 bridgehead atoms. The Bertz CT molecular complexity index is 416. The first-order valence-electron chi connectivity index (χ1n) is 5.84. The Morgan fingerprint density at radius 1 is 1.56 bits per heavy atom. The molecule has 1 unspecified atom stereocenters. The average Bonchev–Trinajstić information content (AvgIpc) is 2.15. The van der Waals surface area contributed by atoms with Gasteiger partial charge in [0.15, 0.2) is 0 Å². The molecule has 3 nitrogen and oxygen atoms in total. The monoisotopic (exact) mass is 215 g/mol. The lowest BCUT2D eigenvalue weighted by Crippen LogP contribution is -2.31. The van der Waals surface area contributed by atoms with Crippen LogP contribution in [0.3, 0.4) is 0 Å². The summed E-state index contributed by atoms with van der Waals surface area (Å²) < 4.78 is 0. The molecule has 0 amide bonds. The molecular weight excluding hydrogens is 198 g/mol. The molecule has 1 aromatic rings. The van der Waals surface area contributed by atoms with Crippen molar-refractivity contribution in [2.24, 2.45) is 5.92 Å². The van der Waals surface area contributed by atoms with E-state index in [4.69, 9.17) is 5.26 Å².